The molecule has 11 heteroatoms. The number of hydrogen-bond donors (Lipinski definition) is 5. The van der Waals surface area contributed by atoms with E-state index < -0.39 is 30.4 Å². The van der Waals surface area contributed by atoms with Gasteiger partial charge < -0.3 is 31.3 Å². The van der Waals surface area contributed by atoms with Crippen LogP contribution in [-0.4, -0.2) is 73.6 Å². The lowest BCUT2D eigenvalue weighted by Crippen LogP contribution is -2.43. The summed E-state index contributed by atoms with van der Waals surface area (Å²) in [6, 6.07) is 14.8. The summed E-state index contributed by atoms with van der Waals surface area (Å²) in [5.41, 5.74) is 7.77. The number of imidazole rings is 1. The van der Waals surface area contributed by atoms with Crippen molar-refractivity contribution in [2.24, 2.45) is 0 Å². The highest BCUT2D eigenvalue weighted by Gasteiger charge is 2.47. The number of aliphatic hydroxyl groups excluding tert-OH is 2. The number of nitrogens with one attached hydrogen (secondary N) is 2. The van der Waals surface area contributed by atoms with Crippen molar-refractivity contribution in [1.82, 2.24) is 30.2 Å². The van der Waals surface area contributed by atoms with Gasteiger partial charge in [-0.3, -0.25) is 9.36 Å². The van der Waals surface area contributed by atoms with E-state index in [1.54, 1.807) is 0 Å². The number of nitrogens with two attached hydrogens (primary N) is 1. The number of hydrogen-bond acceptors (Lipinski definition) is 9. The molecule has 36 heavy (non-hydrogen) atoms. The van der Waals surface area contributed by atoms with Crippen LogP contribution >= 0.6 is 0 Å². The van der Waals surface area contributed by atoms with Crippen molar-refractivity contribution in [3.63, 3.8) is 0 Å². The molecule has 1 saturated heterocycles. The molecule has 0 spiro atoms. The predicted octanol–water partition coefficient (Wildman–Crippen LogP) is 0.520. The molecule has 0 unspecified atom stereocenters. The van der Waals surface area contributed by atoms with Gasteiger partial charge in [0.05, 0.1) is 6.33 Å². The number of aliphatic hydroxyl groups is 2. The molecule has 11 nitrogen and oxygen atoms in total. The Morgan fingerprint density at radius 1 is 1.03 bits per heavy atom. The van der Waals surface area contributed by atoms with Gasteiger partial charge in [0.2, 0.25) is 0 Å². The molecule has 1 fully saturated rings. The third kappa shape index (κ3) is 4.86. The number of nitrogens with zero attached hydrogens (tertiary/aromatic N) is 4. The maximum atomic E-state index is 12.6. The van der Waals surface area contributed by atoms with Crippen LogP contribution in [0.2, 0.25) is 0 Å². The first-order valence-electron chi connectivity index (χ1n) is 11.9. The van der Waals surface area contributed by atoms with E-state index in [0.29, 0.717) is 24.1 Å². The Labute approximate surface area is 207 Å². The molecule has 188 valence electrons. The molecule has 0 radical (unpaired) electrons. The fourth-order valence-corrected chi connectivity index (χ4v) is 4.44. The molecule has 3 heterocycles. The lowest BCUT2D eigenvalue weighted by Gasteiger charge is -2.16. The number of amides is 1. The summed E-state index contributed by atoms with van der Waals surface area (Å²) in [5, 5.41) is 29.6. The second-order valence-corrected chi connectivity index (χ2v) is 8.84. The van der Waals surface area contributed by atoms with Crippen molar-refractivity contribution >= 4 is 33.7 Å². The average molecular weight is 492 g/mol. The van der Waals surface area contributed by atoms with Crippen molar-refractivity contribution in [3.8, 4) is 0 Å². The molecule has 4 atom stereocenters. The lowest BCUT2D eigenvalue weighted by atomic mass is 10.1. The summed E-state index contributed by atoms with van der Waals surface area (Å²) >= 11 is 0. The number of fused-ring (bicyclic) bond motifs is 2. The Balaban J connectivity index is 1.06. The van der Waals surface area contributed by atoms with E-state index >= 15 is 0 Å². The van der Waals surface area contributed by atoms with E-state index in [2.05, 4.69) is 55.9 Å². The van der Waals surface area contributed by atoms with Crippen LogP contribution in [0.15, 0.2) is 55.1 Å². The van der Waals surface area contributed by atoms with Crippen LogP contribution in [0, 0.1) is 0 Å². The highest BCUT2D eigenvalue weighted by atomic mass is 16.6. The smallest absolute Gasteiger partial charge is 0.252 e. The third-order valence-electron chi connectivity index (χ3n) is 6.39. The van der Waals surface area contributed by atoms with Crippen LogP contribution in [0.1, 0.15) is 18.2 Å². The van der Waals surface area contributed by atoms with Gasteiger partial charge in [0.1, 0.15) is 24.1 Å². The molecule has 5 rings (SSSR count). The Morgan fingerprint density at radius 3 is 2.72 bits per heavy atom. The van der Waals surface area contributed by atoms with E-state index in [0.717, 1.165) is 19.5 Å². The van der Waals surface area contributed by atoms with Crippen LogP contribution in [0.25, 0.3) is 21.9 Å². The van der Waals surface area contributed by atoms with Crippen molar-refractivity contribution in [2.75, 3.05) is 25.4 Å². The lowest BCUT2D eigenvalue weighted by molar-refractivity contribution is -0.137. The summed E-state index contributed by atoms with van der Waals surface area (Å²) in [5.74, 6) is -0.300. The fourth-order valence-electron chi connectivity index (χ4n) is 4.44. The minimum atomic E-state index is -1.40. The number of anilines is 1. The maximum Gasteiger partial charge on any atom is 0.252 e. The van der Waals surface area contributed by atoms with E-state index in [9.17, 15) is 15.0 Å². The van der Waals surface area contributed by atoms with Crippen molar-refractivity contribution in [3.05, 3.63) is 60.7 Å². The molecule has 2 aromatic heterocycles. The average Bonchev–Trinajstić information content (AvgIpc) is 3.45. The van der Waals surface area contributed by atoms with Gasteiger partial charge in [0.15, 0.2) is 23.8 Å². The zero-order valence-electron chi connectivity index (χ0n) is 19.6. The number of aromatic nitrogens is 4. The molecule has 4 aromatic rings. The number of nitrogen functional groups attached to an aromatic ring is 1. The molecular weight excluding hydrogens is 462 g/mol. The summed E-state index contributed by atoms with van der Waals surface area (Å²) in [6.07, 6.45) is -0.709. The first-order valence-corrected chi connectivity index (χ1v) is 11.9. The van der Waals surface area contributed by atoms with Gasteiger partial charge in [0.25, 0.3) is 5.91 Å². The Hall–Kier alpha value is -3.64. The largest absolute Gasteiger partial charge is 0.387 e. The summed E-state index contributed by atoms with van der Waals surface area (Å²) < 4.78 is 7.15. The number of carbonyl (C=O) groups is 1. The minimum absolute atomic E-state index is 0.187. The monoisotopic (exact) mass is 491 g/mol. The highest BCUT2D eigenvalue weighted by molar-refractivity contribution is 5.83. The summed E-state index contributed by atoms with van der Waals surface area (Å²) in [7, 11) is 0. The Bertz CT molecular complexity index is 1360. The molecule has 1 aliphatic rings. The molecule has 0 bridgehead atoms. The Morgan fingerprint density at radius 2 is 1.86 bits per heavy atom. The van der Waals surface area contributed by atoms with E-state index in [1.807, 2.05) is 12.1 Å². The normalized spacial score (nSPS) is 21.8. The Kier molecular flexibility index (Phi) is 7.05. The van der Waals surface area contributed by atoms with Crippen LogP contribution in [0.3, 0.4) is 0 Å². The fraction of sp³-hybridized carbons (Fsp3) is 0.360. The molecule has 1 amide bonds. The van der Waals surface area contributed by atoms with Crippen LogP contribution in [0.5, 0.6) is 0 Å². The standard InChI is InChI=1S/C25H29N7O4/c26-22-18-23(30-13-29-22)32(14-31-18)25-20(34)19(33)21(36-25)24(35)28-10-3-9-27-11-8-15-6-7-16-4-1-2-5-17(16)12-15/h1-2,4-7,12-14,19-21,25,27,33-34H,3,8-11H2,(H,28,35)(H2,26,29,30)/t19-,20+,21-,25+/m0/s1. The van der Waals surface area contributed by atoms with E-state index in [1.165, 1.54) is 33.6 Å². The molecule has 0 saturated carbocycles. The molecular formula is C25H29N7O4. The predicted molar refractivity (Wildman–Crippen MR) is 134 cm³/mol. The third-order valence-corrected chi connectivity index (χ3v) is 6.39. The van der Waals surface area contributed by atoms with E-state index in [-0.39, 0.29) is 5.82 Å². The second kappa shape index (κ2) is 10.5. The zero-order valence-corrected chi connectivity index (χ0v) is 19.6. The number of ether oxygens (including phenoxy) is 1. The van der Waals surface area contributed by atoms with Crippen LogP contribution in [-0.2, 0) is 16.0 Å². The molecule has 6 N–H and O–H groups in total. The molecule has 2 aromatic carbocycles. The van der Waals surface area contributed by atoms with Gasteiger partial charge in [-0.2, -0.15) is 0 Å². The highest BCUT2D eigenvalue weighted by Crippen LogP contribution is 2.32. The summed E-state index contributed by atoms with van der Waals surface area (Å²) in [6.45, 7) is 1.97. The maximum absolute atomic E-state index is 12.6. The van der Waals surface area contributed by atoms with E-state index in [4.69, 9.17) is 10.5 Å². The quantitative estimate of drug-likeness (QED) is 0.210. The van der Waals surface area contributed by atoms with Gasteiger partial charge in [-0.1, -0.05) is 42.5 Å². The SMILES string of the molecule is Nc1ncnc2c1ncn2[C@@H]1O[C@H](C(=O)NCCCNCCc2ccc3ccccc3c2)[C@@H](O)[C@H]1O. The number of carbonyl (C=O) groups excluding carboxylic acids is 1. The first-order chi connectivity index (χ1) is 17.5. The summed E-state index contributed by atoms with van der Waals surface area (Å²) in [4.78, 5) is 24.8. The van der Waals surface area contributed by atoms with Gasteiger partial charge >= 0.3 is 0 Å². The van der Waals surface area contributed by atoms with Crippen molar-refractivity contribution < 1.29 is 19.7 Å². The zero-order chi connectivity index (χ0) is 25.1. The van der Waals surface area contributed by atoms with Gasteiger partial charge in [-0.05, 0) is 42.3 Å². The van der Waals surface area contributed by atoms with Crippen molar-refractivity contribution in [1.29, 1.82) is 0 Å². The van der Waals surface area contributed by atoms with Gasteiger partial charge in [0, 0.05) is 6.54 Å². The number of rotatable bonds is 9. The van der Waals surface area contributed by atoms with Crippen molar-refractivity contribution in [2.45, 2.75) is 37.4 Å². The minimum Gasteiger partial charge on any atom is -0.387 e. The van der Waals surface area contributed by atoms with Crippen LogP contribution < -0.4 is 16.4 Å². The number of benzene rings is 2. The first kappa shape index (κ1) is 24.1. The van der Waals surface area contributed by atoms with Gasteiger partial charge in [-0.15, -0.1) is 0 Å². The second-order valence-electron chi connectivity index (χ2n) is 8.84. The molecule has 1 aliphatic heterocycles. The van der Waals surface area contributed by atoms with Gasteiger partial charge in [-0.25, -0.2) is 15.0 Å². The topological polar surface area (TPSA) is 160 Å². The van der Waals surface area contributed by atoms with Crippen LogP contribution in [0.4, 0.5) is 5.82 Å². The molecule has 0 aliphatic carbocycles.